The molecule has 1 aromatic rings. The fraction of sp³-hybridized carbons (Fsp3) is 0.533. The van der Waals surface area contributed by atoms with Crippen molar-refractivity contribution in [1.82, 2.24) is 10.6 Å². The van der Waals surface area contributed by atoms with E-state index in [0.29, 0.717) is 32.0 Å². The highest BCUT2D eigenvalue weighted by Crippen LogP contribution is 2.20. The number of aryl methyl sites for hydroxylation is 1. The summed E-state index contributed by atoms with van der Waals surface area (Å²) >= 11 is 0. The maximum Gasteiger partial charge on any atom is 0.207 e. The van der Waals surface area contributed by atoms with Crippen molar-refractivity contribution < 1.29 is 9.90 Å². The van der Waals surface area contributed by atoms with Crippen molar-refractivity contribution in [3.05, 3.63) is 35.4 Å². The second-order valence-electron chi connectivity index (χ2n) is 5.13. The number of amides is 1. The first-order chi connectivity index (χ1) is 9.29. The Hall–Kier alpha value is -1.39. The van der Waals surface area contributed by atoms with Gasteiger partial charge in [0.25, 0.3) is 0 Å². The van der Waals surface area contributed by atoms with Gasteiger partial charge in [0.15, 0.2) is 0 Å². The van der Waals surface area contributed by atoms with Gasteiger partial charge in [0.2, 0.25) is 6.41 Å². The van der Waals surface area contributed by atoms with Gasteiger partial charge in [-0.25, -0.2) is 0 Å². The molecule has 1 aromatic carbocycles. The number of hydrogen-bond acceptors (Lipinski definition) is 3. The standard InChI is InChI=1S/C15H22N2O2/c18-11-16-8-7-15(19)10-17-14-6-5-12-3-1-2-4-13(12)9-14/h1-4,11,14-15,17,19H,5-10H2,(H,16,18). The fourth-order valence-corrected chi connectivity index (χ4v) is 2.59. The zero-order chi connectivity index (χ0) is 13.5. The summed E-state index contributed by atoms with van der Waals surface area (Å²) in [6, 6.07) is 9.01. The van der Waals surface area contributed by atoms with Crippen LogP contribution in [0, 0.1) is 0 Å². The number of hydrogen-bond donors (Lipinski definition) is 3. The minimum atomic E-state index is -0.398. The van der Waals surface area contributed by atoms with Gasteiger partial charge >= 0.3 is 0 Å². The third kappa shape index (κ3) is 4.33. The molecule has 104 valence electrons. The van der Waals surface area contributed by atoms with Gasteiger partial charge in [-0.05, 0) is 36.8 Å². The van der Waals surface area contributed by atoms with E-state index in [1.54, 1.807) is 0 Å². The first kappa shape index (κ1) is 14.0. The van der Waals surface area contributed by atoms with E-state index in [4.69, 9.17) is 0 Å². The van der Waals surface area contributed by atoms with Crippen LogP contribution >= 0.6 is 0 Å². The summed E-state index contributed by atoms with van der Waals surface area (Å²) in [4.78, 5) is 10.1. The molecule has 0 saturated heterocycles. The highest BCUT2D eigenvalue weighted by Gasteiger charge is 2.18. The molecule has 2 unspecified atom stereocenters. The Morgan fingerprint density at radius 1 is 1.37 bits per heavy atom. The largest absolute Gasteiger partial charge is 0.392 e. The number of aliphatic hydroxyl groups excluding tert-OH is 1. The number of benzene rings is 1. The molecule has 4 nitrogen and oxygen atoms in total. The number of fused-ring (bicyclic) bond motifs is 1. The van der Waals surface area contributed by atoms with Crippen molar-refractivity contribution in [2.24, 2.45) is 0 Å². The van der Waals surface area contributed by atoms with Gasteiger partial charge in [-0.2, -0.15) is 0 Å². The average Bonchev–Trinajstić information content (AvgIpc) is 2.45. The van der Waals surface area contributed by atoms with Crippen LogP contribution in [-0.2, 0) is 17.6 Å². The number of aliphatic hydroxyl groups is 1. The SMILES string of the molecule is O=CNCCC(O)CNC1CCc2ccccc2C1. The molecule has 19 heavy (non-hydrogen) atoms. The number of carbonyl (C=O) groups is 1. The third-order valence-electron chi connectivity index (χ3n) is 3.69. The van der Waals surface area contributed by atoms with Crippen molar-refractivity contribution in [3.8, 4) is 0 Å². The lowest BCUT2D eigenvalue weighted by Crippen LogP contribution is -2.39. The van der Waals surface area contributed by atoms with Gasteiger partial charge in [0.1, 0.15) is 0 Å². The normalized spacial score (nSPS) is 19.5. The van der Waals surface area contributed by atoms with Crippen LogP contribution in [0.5, 0.6) is 0 Å². The summed E-state index contributed by atoms with van der Waals surface area (Å²) in [6.07, 6.45) is 4.13. The smallest absolute Gasteiger partial charge is 0.207 e. The molecule has 0 radical (unpaired) electrons. The van der Waals surface area contributed by atoms with Gasteiger partial charge in [0, 0.05) is 19.1 Å². The highest BCUT2D eigenvalue weighted by atomic mass is 16.3. The minimum absolute atomic E-state index is 0.398. The van der Waals surface area contributed by atoms with Crippen molar-refractivity contribution >= 4 is 6.41 Å². The van der Waals surface area contributed by atoms with Crippen LogP contribution < -0.4 is 10.6 Å². The van der Waals surface area contributed by atoms with E-state index in [1.165, 1.54) is 11.1 Å². The van der Waals surface area contributed by atoms with Gasteiger partial charge in [0.05, 0.1) is 6.10 Å². The molecule has 0 aromatic heterocycles. The van der Waals surface area contributed by atoms with Gasteiger partial charge in [-0.3, -0.25) is 4.79 Å². The molecule has 1 aliphatic rings. The molecule has 0 bridgehead atoms. The van der Waals surface area contributed by atoms with E-state index in [9.17, 15) is 9.90 Å². The molecule has 0 spiro atoms. The van der Waals surface area contributed by atoms with Gasteiger partial charge < -0.3 is 15.7 Å². The Bertz CT molecular complexity index is 409. The van der Waals surface area contributed by atoms with Gasteiger partial charge in [-0.1, -0.05) is 24.3 Å². The lowest BCUT2D eigenvalue weighted by Gasteiger charge is -2.26. The Morgan fingerprint density at radius 2 is 2.16 bits per heavy atom. The number of carbonyl (C=O) groups excluding carboxylic acids is 1. The Balaban J connectivity index is 1.72. The number of nitrogens with one attached hydrogen (secondary N) is 2. The Kier molecular flexibility index (Phi) is 5.36. The molecule has 4 heteroatoms. The van der Waals surface area contributed by atoms with Crippen molar-refractivity contribution in [1.29, 1.82) is 0 Å². The summed E-state index contributed by atoms with van der Waals surface area (Å²) in [7, 11) is 0. The van der Waals surface area contributed by atoms with Crippen molar-refractivity contribution in [2.75, 3.05) is 13.1 Å². The van der Waals surface area contributed by atoms with E-state index in [0.717, 1.165) is 19.3 Å². The molecule has 3 N–H and O–H groups in total. The fourth-order valence-electron chi connectivity index (χ4n) is 2.59. The van der Waals surface area contributed by atoms with Crippen LogP contribution in [0.25, 0.3) is 0 Å². The highest BCUT2D eigenvalue weighted by molar-refractivity contribution is 5.45. The van der Waals surface area contributed by atoms with Crippen LogP contribution in [-0.4, -0.2) is 36.8 Å². The lowest BCUT2D eigenvalue weighted by atomic mass is 9.88. The molecule has 2 rings (SSSR count). The van der Waals surface area contributed by atoms with E-state index in [2.05, 4.69) is 34.9 Å². The molecule has 1 aliphatic carbocycles. The molecule has 2 atom stereocenters. The molecule has 0 fully saturated rings. The lowest BCUT2D eigenvalue weighted by molar-refractivity contribution is -0.109. The van der Waals surface area contributed by atoms with Crippen molar-refractivity contribution in [3.63, 3.8) is 0 Å². The molecule has 1 amide bonds. The number of rotatable bonds is 7. The summed E-state index contributed by atoms with van der Waals surface area (Å²) in [5.41, 5.74) is 2.87. The molecular weight excluding hydrogens is 240 g/mol. The van der Waals surface area contributed by atoms with E-state index in [1.807, 2.05) is 0 Å². The summed E-state index contributed by atoms with van der Waals surface area (Å²) in [5, 5.41) is 15.8. The predicted molar refractivity (Wildman–Crippen MR) is 74.9 cm³/mol. The Morgan fingerprint density at radius 3 is 2.95 bits per heavy atom. The zero-order valence-electron chi connectivity index (χ0n) is 11.1. The van der Waals surface area contributed by atoms with Crippen LogP contribution in [0.2, 0.25) is 0 Å². The first-order valence-corrected chi connectivity index (χ1v) is 6.95. The van der Waals surface area contributed by atoms with E-state index in [-0.39, 0.29) is 0 Å². The van der Waals surface area contributed by atoms with Gasteiger partial charge in [-0.15, -0.1) is 0 Å². The third-order valence-corrected chi connectivity index (χ3v) is 3.69. The Labute approximate surface area is 114 Å². The summed E-state index contributed by atoms with van der Waals surface area (Å²) in [5.74, 6) is 0. The maximum atomic E-state index is 10.1. The predicted octanol–water partition coefficient (Wildman–Crippen LogP) is 0.630. The monoisotopic (exact) mass is 262 g/mol. The second kappa shape index (κ2) is 7.26. The van der Waals surface area contributed by atoms with Crippen LogP contribution in [0.15, 0.2) is 24.3 Å². The van der Waals surface area contributed by atoms with Crippen molar-refractivity contribution in [2.45, 2.75) is 37.8 Å². The van der Waals surface area contributed by atoms with Crippen LogP contribution in [0.1, 0.15) is 24.0 Å². The van der Waals surface area contributed by atoms with Crippen LogP contribution in [0.4, 0.5) is 0 Å². The van der Waals surface area contributed by atoms with E-state index < -0.39 is 6.10 Å². The molecule has 0 saturated carbocycles. The van der Waals surface area contributed by atoms with E-state index >= 15 is 0 Å². The van der Waals surface area contributed by atoms with Crippen LogP contribution in [0.3, 0.4) is 0 Å². The second-order valence-corrected chi connectivity index (χ2v) is 5.13. The minimum Gasteiger partial charge on any atom is -0.392 e. The maximum absolute atomic E-state index is 10.1. The first-order valence-electron chi connectivity index (χ1n) is 6.95. The molecule has 0 aliphatic heterocycles. The molecular formula is C15H22N2O2. The average molecular weight is 262 g/mol. The summed E-state index contributed by atoms with van der Waals surface area (Å²) in [6.45, 7) is 1.12. The zero-order valence-corrected chi connectivity index (χ0v) is 11.1. The topological polar surface area (TPSA) is 61.4 Å². The quantitative estimate of drug-likeness (QED) is 0.499. The molecule has 0 heterocycles. The summed E-state index contributed by atoms with van der Waals surface area (Å²) < 4.78 is 0.